The number of hydrogen-bond acceptors (Lipinski definition) is 2. The van der Waals surface area contributed by atoms with Crippen molar-refractivity contribution in [3.05, 3.63) is 29.1 Å². The van der Waals surface area contributed by atoms with Crippen LogP contribution in [0.2, 0.25) is 0 Å². The normalized spacial score (nSPS) is 43.3. The molecule has 0 spiro atoms. The third-order valence-corrected chi connectivity index (χ3v) is 9.79. The van der Waals surface area contributed by atoms with Crippen molar-refractivity contribution >= 4 is 11.4 Å². The standard InChI is InChI=1S/C26H34N2O/c1-17-12-20-4-2-9-25-10-3-11-26(14-17,28(20)25)16-21-18(15-25)13-19-5-8-24(29)23-7-6-22(21)27(19)23/h6-7,17,19-20H,2-5,8-16H2,1H3. The maximum atomic E-state index is 12.6. The first-order valence-corrected chi connectivity index (χ1v) is 12.3. The summed E-state index contributed by atoms with van der Waals surface area (Å²) in [6, 6.07) is 5.82. The number of rotatable bonds is 0. The fraction of sp³-hybridized carbons (Fsp3) is 0.731. The van der Waals surface area contributed by atoms with E-state index in [-0.39, 0.29) is 0 Å². The van der Waals surface area contributed by atoms with E-state index in [1.807, 2.05) is 0 Å². The second-order valence-corrected chi connectivity index (χ2v) is 11.5. The number of aromatic nitrogens is 1. The topological polar surface area (TPSA) is 25.2 Å². The summed E-state index contributed by atoms with van der Waals surface area (Å²) in [5.41, 5.74) is 6.69. The van der Waals surface area contributed by atoms with Crippen LogP contribution in [0, 0.1) is 5.92 Å². The quantitative estimate of drug-likeness (QED) is 0.551. The molecule has 7 heterocycles. The zero-order chi connectivity index (χ0) is 19.4. The van der Waals surface area contributed by atoms with Crippen LogP contribution in [0.4, 0.5) is 0 Å². The lowest BCUT2D eigenvalue weighted by molar-refractivity contribution is -0.150. The molecule has 6 aliphatic rings. The summed E-state index contributed by atoms with van der Waals surface area (Å²) in [6.07, 6.45) is 16.9. The van der Waals surface area contributed by atoms with Gasteiger partial charge in [-0.15, -0.1) is 0 Å². The van der Waals surface area contributed by atoms with E-state index in [0.29, 0.717) is 22.9 Å². The number of carbonyl (C=O) groups excluding carboxylic acids is 1. The van der Waals surface area contributed by atoms with Crippen LogP contribution in [0.5, 0.6) is 0 Å². The third-order valence-electron chi connectivity index (χ3n) is 9.79. The number of ketones is 1. The van der Waals surface area contributed by atoms with Gasteiger partial charge in [-0.25, -0.2) is 0 Å². The molecule has 0 N–H and O–H groups in total. The molecule has 5 atom stereocenters. The van der Waals surface area contributed by atoms with E-state index < -0.39 is 0 Å². The smallest absolute Gasteiger partial charge is 0.179 e. The molecule has 5 unspecified atom stereocenters. The van der Waals surface area contributed by atoms with Gasteiger partial charge in [0.2, 0.25) is 0 Å². The zero-order valence-electron chi connectivity index (χ0n) is 17.9. The summed E-state index contributed by atoms with van der Waals surface area (Å²) in [7, 11) is 0. The van der Waals surface area contributed by atoms with Gasteiger partial charge in [0.15, 0.2) is 5.78 Å². The molecule has 0 aromatic carbocycles. The molecule has 0 saturated carbocycles. The molecular formula is C26H34N2O. The van der Waals surface area contributed by atoms with Gasteiger partial charge in [0, 0.05) is 35.3 Å². The van der Waals surface area contributed by atoms with Crippen molar-refractivity contribution in [3.8, 4) is 0 Å². The Morgan fingerprint density at radius 2 is 1.79 bits per heavy atom. The highest BCUT2D eigenvalue weighted by atomic mass is 16.1. The van der Waals surface area contributed by atoms with E-state index in [2.05, 4.69) is 28.5 Å². The van der Waals surface area contributed by atoms with E-state index in [1.54, 1.807) is 11.1 Å². The van der Waals surface area contributed by atoms with Gasteiger partial charge in [0.1, 0.15) is 0 Å². The molecule has 3 nitrogen and oxygen atoms in total. The average Bonchev–Trinajstić information content (AvgIpc) is 3.11. The van der Waals surface area contributed by atoms with Crippen molar-refractivity contribution in [2.24, 2.45) is 5.92 Å². The van der Waals surface area contributed by atoms with Gasteiger partial charge < -0.3 is 4.57 Å². The first kappa shape index (κ1) is 17.3. The number of nitrogens with zero attached hydrogens (tertiary/aromatic N) is 2. The predicted octanol–water partition coefficient (Wildman–Crippen LogP) is 5.90. The molecule has 1 aromatic heterocycles. The van der Waals surface area contributed by atoms with Crippen LogP contribution in [-0.4, -0.2) is 32.4 Å². The highest BCUT2D eigenvalue weighted by Gasteiger charge is 2.60. The maximum absolute atomic E-state index is 12.6. The third kappa shape index (κ3) is 2.16. The van der Waals surface area contributed by atoms with Gasteiger partial charge in [0.05, 0.1) is 5.69 Å². The van der Waals surface area contributed by atoms with Crippen molar-refractivity contribution in [2.45, 2.75) is 114 Å². The predicted molar refractivity (Wildman–Crippen MR) is 115 cm³/mol. The molecule has 0 amide bonds. The summed E-state index contributed by atoms with van der Waals surface area (Å²) >= 11 is 0. The maximum Gasteiger partial charge on any atom is 0.179 e. The molecule has 2 bridgehead atoms. The van der Waals surface area contributed by atoms with Gasteiger partial charge in [-0.2, -0.15) is 0 Å². The summed E-state index contributed by atoms with van der Waals surface area (Å²) < 4.78 is 2.47. The van der Waals surface area contributed by atoms with Crippen LogP contribution in [0.1, 0.15) is 113 Å². The van der Waals surface area contributed by atoms with E-state index >= 15 is 0 Å². The largest absolute Gasteiger partial charge is 0.335 e. The number of hydrogen-bond donors (Lipinski definition) is 0. The minimum Gasteiger partial charge on any atom is -0.335 e. The monoisotopic (exact) mass is 390 g/mol. The van der Waals surface area contributed by atoms with Gasteiger partial charge >= 0.3 is 0 Å². The fourth-order valence-electron chi connectivity index (χ4n) is 9.21. The van der Waals surface area contributed by atoms with Crippen LogP contribution in [0.25, 0.3) is 5.57 Å². The Labute approximate surface area is 174 Å². The lowest BCUT2D eigenvalue weighted by Gasteiger charge is -2.66. The van der Waals surface area contributed by atoms with Crippen molar-refractivity contribution < 1.29 is 4.79 Å². The highest BCUT2D eigenvalue weighted by molar-refractivity contribution is 5.96. The molecule has 3 saturated heterocycles. The van der Waals surface area contributed by atoms with Crippen molar-refractivity contribution in [2.75, 3.05) is 0 Å². The summed E-state index contributed by atoms with van der Waals surface area (Å²) in [6.45, 7) is 2.52. The van der Waals surface area contributed by atoms with Crippen LogP contribution >= 0.6 is 0 Å². The molecular weight excluding hydrogens is 356 g/mol. The minimum atomic E-state index is 0.365. The summed E-state index contributed by atoms with van der Waals surface area (Å²) in [5, 5.41) is 0. The first-order valence-electron chi connectivity index (χ1n) is 12.3. The summed E-state index contributed by atoms with van der Waals surface area (Å²) in [4.78, 5) is 15.7. The summed E-state index contributed by atoms with van der Waals surface area (Å²) in [5.74, 6) is 1.22. The number of carbonyl (C=O) groups is 1. The number of Topliss-reactive ketones (excluding diaryl/α,β-unsaturated/α-hetero) is 1. The first-order chi connectivity index (χ1) is 14.1. The van der Waals surface area contributed by atoms with Crippen LogP contribution in [-0.2, 0) is 0 Å². The van der Waals surface area contributed by atoms with Gasteiger partial charge in [-0.05, 0) is 94.3 Å². The van der Waals surface area contributed by atoms with E-state index in [1.165, 1.54) is 76.3 Å². The SMILES string of the molecule is CC1CC2CCCC34CCCC(CC5=C(CC6CCC(=O)c7ccc5n76)C3)(C1)N24. The zero-order valence-corrected chi connectivity index (χ0v) is 17.9. The van der Waals surface area contributed by atoms with E-state index in [9.17, 15) is 4.79 Å². The molecule has 0 aliphatic carbocycles. The van der Waals surface area contributed by atoms with Crippen LogP contribution in [0.15, 0.2) is 17.7 Å². The molecule has 7 rings (SSSR count). The van der Waals surface area contributed by atoms with Crippen LogP contribution in [0.3, 0.4) is 0 Å². The Morgan fingerprint density at radius 1 is 0.966 bits per heavy atom. The molecule has 3 heteroatoms. The fourth-order valence-corrected chi connectivity index (χ4v) is 9.21. The van der Waals surface area contributed by atoms with E-state index in [0.717, 1.165) is 30.5 Å². The Kier molecular flexibility index (Phi) is 3.39. The Balaban J connectivity index is 1.43. The molecule has 1 aromatic rings. The van der Waals surface area contributed by atoms with Crippen molar-refractivity contribution in [3.63, 3.8) is 0 Å². The van der Waals surface area contributed by atoms with E-state index in [4.69, 9.17) is 0 Å². The van der Waals surface area contributed by atoms with Gasteiger partial charge in [-0.3, -0.25) is 9.69 Å². The lowest BCUT2D eigenvalue weighted by Crippen LogP contribution is -2.70. The average molecular weight is 391 g/mol. The van der Waals surface area contributed by atoms with Gasteiger partial charge in [-0.1, -0.05) is 18.9 Å². The Bertz CT molecular complexity index is 937. The molecule has 0 radical (unpaired) electrons. The van der Waals surface area contributed by atoms with Crippen LogP contribution < -0.4 is 0 Å². The molecule has 154 valence electrons. The number of fused-ring (bicyclic) bond motifs is 1. The van der Waals surface area contributed by atoms with Crippen molar-refractivity contribution in [1.29, 1.82) is 0 Å². The van der Waals surface area contributed by atoms with Crippen molar-refractivity contribution in [1.82, 2.24) is 9.47 Å². The molecule has 29 heavy (non-hydrogen) atoms. The minimum absolute atomic E-state index is 0.365. The Morgan fingerprint density at radius 3 is 2.72 bits per heavy atom. The Hall–Kier alpha value is -1.35. The second kappa shape index (κ2) is 5.66. The number of piperidine rings is 3. The lowest BCUT2D eigenvalue weighted by atomic mass is 9.62. The highest BCUT2D eigenvalue weighted by Crippen LogP contribution is 2.61. The second-order valence-electron chi connectivity index (χ2n) is 11.5. The van der Waals surface area contributed by atoms with Gasteiger partial charge in [0.25, 0.3) is 0 Å². The molecule has 6 aliphatic heterocycles. The molecule has 3 fully saturated rings.